The van der Waals surface area contributed by atoms with Crippen molar-refractivity contribution >= 4 is 19.1 Å². The summed E-state index contributed by atoms with van der Waals surface area (Å²) in [4.78, 5) is 28.0. The molecule has 1 aromatic carbocycles. The van der Waals surface area contributed by atoms with E-state index in [1.807, 2.05) is 6.07 Å². The van der Waals surface area contributed by atoms with E-state index < -0.39 is 54.7 Å². The molecule has 2 aliphatic heterocycles. The molecule has 0 aliphatic carbocycles. The van der Waals surface area contributed by atoms with E-state index in [0.717, 1.165) is 19.4 Å². The van der Waals surface area contributed by atoms with Crippen LogP contribution < -0.4 is 5.32 Å². The minimum absolute atomic E-state index is 0.00115. The van der Waals surface area contributed by atoms with Crippen LogP contribution >= 0.6 is 0 Å². The average Bonchev–Trinajstić information content (AvgIpc) is 3.50. The van der Waals surface area contributed by atoms with E-state index in [4.69, 9.17) is 10.00 Å². The Hall–Kier alpha value is -2.82. The lowest BCUT2D eigenvalue weighted by Gasteiger charge is -2.35. The Bertz CT molecular complexity index is 1060. The van der Waals surface area contributed by atoms with Crippen molar-refractivity contribution in [2.24, 2.45) is 5.92 Å². The third-order valence-electron chi connectivity index (χ3n) is 7.92. The number of nitrogens with zero attached hydrogens (tertiary/aromatic N) is 3. The van der Waals surface area contributed by atoms with Gasteiger partial charge in [-0.1, -0.05) is 19.1 Å². The molecule has 2 heterocycles. The number of hydrogen-bond acceptors (Lipinski definition) is 7. The summed E-state index contributed by atoms with van der Waals surface area (Å²) in [7, 11) is -1.91. The van der Waals surface area contributed by atoms with Crippen LogP contribution in [0.25, 0.3) is 0 Å². The molecule has 2 aliphatic rings. The zero-order valence-electron chi connectivity index (χ0n) is 24.4. The van der Waals surface area contributed by atoms with Gasteiger partial charge in [-0.15, -0.1) is 0 Å². The number of rotatable bonds is 9. The molecule has 2 amide bonds. The third kappa shape index (κ3) is 9.90. The van der Waals surface area contributed by atoms with E-state index >= 15 is 0 Å². The Kier molecular flexibility index (Phi) is 12.5. The molecule has 3 rings (SSSR count). The molecule has 0 spiro atoms. The predicted octanol–water partition coefficient (Wildman–Crippen LogP) is 3.18. The predicted molar refractivity (Wildman–Crippen MR) is 148 cm³/mol. The quantitative estimate of drug-likeness (QED) is 0.382. The number of amides is 2. The van der Waals surface area contributed by atoms with Gasteiger partial charge in [0.1, 0.15) is 30.7 Å². The number of alkyl carbamates (subject to hydrolysis) is 1. The SMILES string of the molecule is CC(C#N)C(=O)N1C[C@@H](F)C[C@]1(C)COC(=O)N[C@@H](Cc1ccc(F)cc1)B(O)O.CCC(C)(C)N1CC[C@H](F)C1. The van der Waals surface area contributed by atoms with Crippen LogP contribution in [0.5, 0.6) is 0 Å². The molecular weight excluding hydrogens is 540 g/mol. The van der Waals surface area contributed by atoms with Crippen LogP contribution in [0.15, 0.2) is 24.3 Å². The number of alkyl halides is 2. The lowest BCUT2D eigenvalue weighted by Crippen LogP contribution is -2.52. The maximum absolute atomic E-state index is 14.0. The molecule has 3 N–H and O–H groups in total. The Morgan fingerprint density at radius 3 is 2.39 bits per heavy atom. The highest BCUT2D eigenvalue weighted by atomic mass is 19.1. The number of carbonyl (C=O) groups is 2. The van der Waals surface area contributed by atoms with Gasteiger partial charge in [0, 0.05) is 25.0 Å². The Labute approximate surface area is 240 Å². The lowest BCUT2D eigenvalue weighted by atomic mass is 9.76. The van der Waals surface area contributed by atoms with Crippen LogP contribution in [0.4, 0.5) is 18.0 Å². The van der Waals surface area contributed by atoms with Gasteiger partial charge in [0.05, 0.1) is 24.1 Å². The molecule has 5 atom stereocenters. The van der Waals surface area contributed by atoms with E-state index in [0.29, 0.717) is 12.1 Å². The maximum atomic E-state index is 14.0. The number of halogens is 3. The molecule has 1 unspecified atom stereocenters. The molecule has 228 valence electrons. The van der Waals surface area contributed by atoms with Gasteiger partial charge in [0.2, 0.25) is 5.91 Å². The number of benzene rings is 1. The second-order valence-corrected chi connectivity index (χ2v) is 11.7. The normalized spacial score (nSPS) is 24.1. The van der Waals surface area contributed by atoms with Gasteiger partial charge in [-0.05, 0) is 64.7 Å². The van der Waals surface area contributed by atoms with Crippen molar-refractivity contribution in [1.29, 1.82) is 5.26 Å². The van der Waals surface area contributed by atoms with Gasteiger partial charge < -0.3 is 25.0 Å². The van der Waals surface area contributed by atoms with Gasteiger partial charge in [0.15, 0.2) is 0 Å². The van der Waals surface area contributed by atoms with Crippen molar-refractivity contribution in [3.8, 4) is 6.07 Å². The third-order valence-corrected chi connectivity index (χ3v) is 7.92. The fourth-order valence-corrected chi connectivity index (χ4v) is 4.86. The van der Waals surface area contributed by atoms with Crippen molar-refractivity contribution in [2.75, 3.05) is 26.2 Å². The van der Waals surface area contributed by atoms with Crippen molar-refractivity contribution in [3.63, 3.8) is 0 Å². The minimum Gasteiger partial charge on any atom is -0.447 e. The van der Waals surface area contributed by atoms with E-state index in [2.05, 4.69) is 31.0 Å². The minimum atomic E-state index is -1.91. The van der Waals surface area contributed by atoms with Crippen molar-refractivity contribution < 1.29 is 37.5 Å². The maximum Gasteiger partial charge on any atom is 0.475 e. The molecule has 2 fully saturated rings. The Morgan fingerprint density at radius 2 is 1.88 bits per heavy atom. The summed E-state index contributed by atoms with van der Waals surface area (Å²) in [6.45, 7) is 10.5. The van der Waals surface area contributed by atoms with Gasteiger partial charge in [-0.3, -0.25) is 9.69 Å². The summed E-state index contributed by atoms with van der Waals surface area (Å²) in [5, 5.41) is 30.3. The fraction of sp³-hybridized carbons (Fsp3) is 0.679. The standard InChI is InChI=1S/C19H24BF2N3O5.C9H18FN/c1-12(9-23)17(26)25-10-15(22)8-19(25,2)11-30-18(27)24-16(20(28)29)7-13-3-5-14(21)6-4-13;1-4-9(2,3)11-6-5-8(10)7-11/h3-6,12,15-16,28-29H,7-8,10-11H2,1-2H3,(H,24,27);8H,4-7H2,1-3H3/t12?,15-,16-,19+;8-/m00/s1. The number of nitrogens with one attached hydrogen (secondary N) is 1. The Balaban J connectivity index is 0.000000446. The molecule has 0 saturated carbocycles. The molecule has 13 heteroatoms. The van der Waals surface area contributed by atoms with Crippen LogP contribution in [-0.2, 0) is 16.0 Å². The first-order chi connectivity index (χ1) is 19.1. The molecule has 9 nitrogen and oxygen atoms in total. The first-order valence-electron chi connectivity index (χ1n) is 13.9. The van der Waals surface area contributed by atoms with E-state index in [1.165, 1.54) is 36.1 Å². The molecule has 41 heavy (non-hydrogen) atoms. The van der Waals surface area contributed by atoms with Crippen molar-refractivity contribution in [1.82, 2.24) is 15.1 Å². The molecule has 2 saturated heterocycles. The van der Waals surface area contributed by atoms with Crippen LogP contribution in [0.1, 0.15) is 59.4 Å². The molecule has 0 bridgehead atoms. The van der Waals surface area contributed by atoms with E-state index in [9.17, 15) is 32.8 Å². The number of hydrogen-bond donors (Lipinski definition) is 3. The summed E-state index contributed by atoms with van der Waals surface area (Å²) >= 11 is 0. The van der Waals surface area contributed by atoms with E-state index in [-0.39, 0.29) is 31.5 Å². The molecule has 0 radical (unpaired) electrons. The summed E-state index contributed by atoms with van der Waals surface area (Å²) in [6.07, 6.45) is -1.13. The summed E-state index contributed by atoms with van der Waals surface area (Å²) in [5.74, 6) is -3.10. The number of ether oxygens (including phenoxy) is 1. The van der Waals surface area contributed by atoms with Gasteiger partial charge >= 0.3 is 13.2 Å². The largest absolute Gasteiger partial charge is 0.475 e. The van der Waals surface area contributed by atoms with E-state index in [1.54, 1.807) is 6.92 Å². The van der Waals surface area contributed by atoms with Crippen molar-refractivity contribution in [3.05, 3.63) is 35.6 Å². The highest BCUT2D eigenvalue weighted by Gasteiger charge is 2.47. The first kappa shape index (κ1) is 34.4. The van der Waals surface area contributed by atoms with Gasteiger partial charge in [-0.25, -0.2) is 18.0 Å². The summed E-state index contributed by atoms with van der Waals surface area (Å²) in [5.41, 5.74) is -0.385. The Morgan fingerprint density at radius 1 is 1.24 bits per heavy atom. The van der Waals surface area contributed by atoms with Crippen LogP contribution in [0, 0.1) is 23.1 Å². The molecular formula is C28H42BF3N4O5. The highest BCUT2D eigenvalue weighted by molar-refractivity contribution is 6.43. The second kappa shape index (κ2) is 14.9. The van der Waals surface area contributed by atoms with Crippen molar-refractivity contribution in [2.45, 2.75) is 89.7 Å². The van der Waals surface area contributed by atoms with Crippen LogP contribution in [0.2, 0.25) is 0 Å². The summed E-state index contributed by atoms with van der Waals surface area (Å²) in [6, 6.07) is 7.11. The first-order valence-corrected chi connectivity index (χ1v) is 13.9. The lowest BCUT2D eigenvalue weighted by molar-refractivity contribution is -0.138. The number of carbonyl (C=O) groups excluding carboxylic acids is 2. The summed E-state index contributed by atoms with van der Waals surface area (Å²) < 4.78 is 44.9. The monoisotopic (exact) mass is 582 g/mol. The molecule has 0 aromatic heterocycles. The topological polar surface area (TPSA) is 126 Å². The zero-order chi connectivity index (χ0) is 31.0. The average molecular weight is 582 g/mol. The second-order valence-electron chi connectivity index (χ2n) is 11.7. The zero-order valence-corrected chi connectivity index (χ0v) is 24.4. The highest BCUT2D eigenvalue weighted by Crippen LogP contribution is 2.32. The number of likely N-dealkylation sites (tertiary alicyclic amines) is 2. The van der Waals surface area contributed by atoms with Crippen LogP contribution in [-0.4, -0.2) is 94.6 Å². The van der Waals surface area contributed by atoms with Crippen LogP contribution in [0.3, 0.4) is 0 Å². The fourth-order valence-electron chi connectivity index (χ4n) is 4.86. The molecule has 1 aromatic rings. The van der Waals surface area contributed by atoms with Gasteiger partial charge in [-0.2, -0.15) is 5.26 Å². The van der Waals surface area contributed by atoms with Gasteiger partial charge in [0.25, 0.3) is 0 Å². The smallest absolute Gasteiger partial charge is 0.447 e. The number of nitriles is 1.